The third-order valence-corrected chi connectivity index (χ3v) is 7.83. The number of benzene rings is 2. The predicted octanol–water partition coefficient (Wildman–Crippen LogP) is 6.43. The molecule has 0 N–H and O–H groups in total. The Bertz CT molecular complexity index is 930. The van der Waals surface area contributed by atoms with Crippen LogP contribution in [0.15, 0.2) is 36.4 Å². The number of halogens is 2. The van der Waals surface area contributed by atoms with Crippen molar-refractivity contribution in [2.45, 2.75) is 44.3 Å². The van der Waals surface area contributed by atoms with Crippen LogP contribution in [0.2, 0.25) is 0 Å². The largest absolute Gasteiger partial charge is 0.462 e. The van der Waals surface area contributed by atoms with E-state index in [-0.39, 0.29) is 29.9 Å². The molecule has 0 aliphatic carbocycles. The Morgan fingerprint density at radius 1 is 1.13 bits per heavy atom. The average Bonchev–Trinajstić information content (AvgIpc) is 3.25. The van der Waals surface area contributed by atoms with Crippen LogP contribution in [0.4, 0.5) is 8.78 Å². The maximum Gasteiger partial charge on any atom is 0.341 e. The Hall–Kier alpha value is -2.06. The van der Waals surface area contributed by atoms with Crippen molar-refractivity contribution in [2.24, 2.45) is 0 Å². The lowest BCUT2D eigenvalue weighted by molar-refractivity contribution is -0.134. The standard InChI is InChI=1S/C23H24F2O4S2/c1-2-28-23(27)19-13-15(18-9-8-16(24)14-20(18)25)7-10-21(19)29-22(26)6-4-3-5-17-11-12-30-31-17/h7-10,13-14,17H,2-6,11-12H2,1H3. The number of ether oxygens (including phenoxy) is 2. The molecule has 0 saturated carbocycles. The molecule has 0 spiro atoms. The van der Waals surface area contributed by atoms with E-state index in [4.69, 9.17) is 9.47 Å². The topological polar surface area (TPSA) is 52.6 Å². The molecule has 2 aromatic rings. The SMILES string of the molecule is CCOC(=O)c1cc(-c2ccc(F)cc2F)ccc1OC(=O)CCCCC1CCSS1. The minimum absolute atomic E-state index is 0.0239. The van der Waals surface area contributed by atoms with Gasteiger partial charge in [-0.2, -0.15) is 0 Å². The first-order chi connectivity index (χ1) is 15.0. The molecule has 31 heavy (non-hydrogen) atoms. The van der Waals surface area contributed by atoms with Gasteiger partial charge in [0, 0.05) is 29.1 Å². The molecular formula is C23H24F2O4S2. The average molecular weight is 467 g/mol. The fourth-order valence-corrected chi connectivity index (χ4v) is 6.29. The second-order valence-electron chi connectivity index (χ2n) is 7.10. The van der Waals surface area contributed by atoms with E-state index < -0.39 is 23.6 Å². The number of carbonyl (C=O) groups is 2. The molecule has 0 radical (unpaired) electrons. The van der Waals surface area contributed by atoms with Crippen molar-refractivity contribution in [3.8, 4) is 16.9 Å². The molecule has 0 bridgehead atoms. The summed E-state index contributed by atoms with van der Waals surface area (Å²) >= 11 is 0. The van der Waals surface area contributed by atoms with Crippen molar-refractivity contribution in [3.05, 3.63) is 53.6 Å². The second-order valence-corrected chi connectivity index (χ2v) is 9.89. The third kappa shape index (κ3) is 6.71. The van der Waals surface area contributed by atoms with Gasteiger partial charge < -0.3 is 9.47 Å². The van der Waals surface area contributed by atoms with E-state index >= 15 is 0 Å². The van der Waals surface area contributed by atoms with E-state index in [2.05, 4.69) is 0 Å². The Morgan fingerprint density at radius 3 is 2.68 bits per heavy atom. The zero-order chi connectivity index (χ0) is 22.2. The van der Waals surface area contributed by atoms with Gasteiger partial charge in [-0.15, -0.1) is 0 Å². The summed E-state index contributed by atoms with van der Waals surface area (Å²) in [7, 11) is 3.81. The molecule has 4 nitrogen and oxygen atoms in total. The van der Waals surface area contributed by atoms with Crippen molar-refractivity contribution < 1.29 is 27.8 Å². The van der Waals surface area contributed by atoms with Crippen LogP contribution in [-0.4, -0.2) is 29.5 Å². The molecule has 0 amide bonds. The number of rotatable bonds is 9. The molecular weight excluding hydrogens is 442 g/mol. The first kappa shape index (κ1) is 23.6. The van der Waals surface area contributed by atoms with Crippen molar-refractivity contribution in [3.63, 3.8) is 0 Å². The van der Waals surface area contributed by atoms with Crippen LogP contribution in [-0.2, 0) is 9.53 Å². The van der Waals surface area contributed by atoms with Crippen LogP contribution in [0.5, 0.6) is 5.75 Å². The van der Waals surface area contributed by atoms with Gasteiger partial charge in [0.2, 0.25) is 0 Å². The second kappa shape index (κ2) is 11.5. The maximum absolute atomic E-state index is 14.2. The summed E-state index contributed by atoms with van der Waals surface area (Å²) in [6.07, 6.45) is 4.21. The fraction of sp³-hybridized carbons (Fsp3) is 0.391. The van der Waals surface area contributed by atoms with E-state index in [1.165, 1.54) is 36.4 Å². The van der Waals surface area contributed by atoms with Gasteiger partial charge in [0.15, 0.2) is 0 Å². The zero-order valence-corrected chi connectivity index (χ0v) is 18.8. The van der Waals surface area contributed by atoms with E-state index in [9.17, 15) is 18.4 Å². The van der Waals surface area contributed by atoms with Crippen LogP contribution < -0.4 is 4.74 Å². The van der Waals surface area contributed by atoms with Gasteiger partial charge in [0.25, 0.3) is 0 Å². The smallest absolute Gasteiger partial charge is 0.341 e. The van der Waals surface area contributed by atoms with Gasteiger partial charge in [0.1, 0.15) is 22.9 Å². The van der Waals surface area contributed by atoms with Gasteiger partial charge in [-0.3, -0.25) is 4.79 Å². The summed E-state index contributed by atoms with van der Waals surface area (Å²) in [5.74, 6) is -1.30. The number of hydrogen-bond donors (Lipinski definition) is 0. The quantitative estimate of drug-likeness (QED) is 0.184. The molecule has 3 rings (SSSR count). The lowest BCUT2D eigenvalue weighted by Crippen LogP contribution is -2.13. The lowest BCUT2D eigenvalue weighted by atomic mass is 10.0. The number of esters is 2. The number of unbranched alkanes of at least 4 members (excludes halogenated alkanes) is 1. The highest BCUT2D eigenvalue weighted by molar-refractivity contribution is 8.77. The Kier molecular flexibility index (Phi) is 8.78. The summed E-state index contributed by atoms with van der Waals surface area (Å²) in [6.45, 7) is 1.80. The highest BCUT2D eigenvalue weighted by Crippen LogP contribution is 2.40. The third-order valence-electron chi connectivity index (χ3n) is 4.83. The molecule has 1 saturated heterocycles. The molecule has 0 aromatic heterocycles. The van der Waals surface area contributed by atoms with E-state index in [1.54, 1.807) is 6.92 Å². The molecule has 1 fully saturated rings. The van der Waals surface area contributed by atoms with Gasteiger partial charge in [-0.05, 0) is 56.0 Å². The van der Waals surface area contributed by atoms with Gasteiger partial charge in [0.05, 0.1) is 6.61 Å². The Balaban J connectivity index is 1.69. The van der Waals surface area contributed by atoms with Crippen LogP contribution in [0.3, 0.4) is 0 Å². The number of carbonyl (C=O) groups excluding carboxylic acids is 2. The summed E-state index contributed by atoms with van der Waals surface area (Å²) < 4.78 is 37.9. The molecule has 1 unspecified atom stereocenters. The highest BCUT2D eigenvalue weighted by atomic mass is 33.1. The van der Waals surface area contributed by atoms with Crippen molar-refractivity contribution in [1.82, 2.24) is 0 Å². The van der Waals surface area contributed by atoms with E-state index in [1.807, 2.05) is 21.6 Å². The van der Waals surface area contributed by atoms with Gasteiger partial charge >= 0.3 is 11.9 Å². The monoisotopic (exact) mass is 466 g/mol. The maximum atomic E-state index is 14.2. The van der Waals surface area contributed by atoms with Crippen LogP contribution in [0, 0.1) is 11.6 Å². The van der Waals surface area contributed by atoms with Crippen molar-refractivity contribution in [1.29, 1.82) is 0 Å². The predicted molar refractivity (Wildman–Crippen MR) is 120 cm³/mol. The molecule has 8 heteroatoms. The first-order valence-electron chi connectivity index (χ1n) is 10.2. The Morgan fingerprint density at radius 2 is 1.97 bits per heavy atom. The molecule has 1 aliphatic rings. The molecule has 2 aromatic carbocycles. The summed E-state index contributed by atoms with van der Waals surface area (Å²) in [5.41, 5.74) is 0.510. The van der Waals surface area contributed by atoms with Crippen molar-refractivity contribution >= 4 is 33.5 Å². The fourth-order valence-electron chi connectivity index (χ4n) is 3.26. The summed E-state index contributed by atoms with van der Waals surface area (Å²) in [5, 5.41) is 0.663. The van der Waals surface area contributed by atoms with E-state index in [0.717, 1.165) is 25.0 Å². The van der Waals surface area contributed by atoms with Crippen molar-refractivity contribution in [2.75, 3.05) is 12.4 Å². The number of hydrogen-bond acceptors (Lipinski definition) is 6. The van der Waals surface area contributed by atoms with Crippen LogP contribution >= 0.6 is 21.6 Å². The zero-order valence-electron chi connectivity index (χ0n) is 17.2. The summed E-state index contributed by atoms with van der Waals surface area (Å²) in [6, 6.07) is 7.56. The lowest BCUT2D eigenvalue weighted by Gasteiger charge is -2.12. The van der Waals surface area contributed by atoms with Crippen LogP contribution in [0.1, 0.15) is 49.4 Å². The molecule has 166 valence electrons. The molecule has 1 atom stereocenters. The minimum atomic E-state index is -0.752. The molecule has 1 heterocycles. The first-order valence-corrected chi connectivity index (χ1v) is 12.6. The Labute approximate surface area is 188 Å². The van der Waals surface area contributed by atoms with Gasteiger partial charge in [-0.25, -0.2) is 13.6 Å². The minimum Gasteiger partial charge on any atom is -0.462 e. The molecule has 1 aliphatic heterocycles. The summed E-state index contributed by atoms with van der Waals surface area (Å²) in [4.78, 5) is 24.7. The van der Waals surface area contributed by atoms with Gasteiger partial charge in [-0.1, -0.05) is 34.1 Å². The van der Waals surface area contributed by atoms with Crippen LogP contribution in [0.25, 0.3) is 11.1 Å². The van der Waals surface area contributed by atoms with E-state index in [0.29, 0.717) is 17.2 Å². The normalized spacial score (nSPS) is 15.6. The highest BCUT2D eigenvalue weighted by Gasteiger charge is 2.20.